The highest BCUT2D eigenvalue weighted by Gasteiger charge is 2.04. The summed E-state index contributed by atoms with van der Waals surface area (Å²) in [6.45, 7) is 2.51. The molecule has 0 saturated heterocycles. The van der Waals surface area contributed by atoms with E-state index in [-0.39, 0.29) is 5.56 Å². The van der Waals surface area contributed by atoms with Crippen LogP contribution in [0.25, 0.3) is 5.69 Å². The van der Waals surface area contributed by atoms with Crippen LogP contribution in [0.15, 0.2) is 35.3 Å². The van der Waals surface area contributed by atoms with Crippen molar-refractivity contribution < 1.29 is 0 Å². The van der Waals surface area contributed by atoms with E-state index in [0.29, 0.717) is 13.0 Å². The maximum absolute atomic E-state index is 11.6. The molecule has 0 saturated carbocycles. The van der Waals surface area contributed by atoms with Crippen molar-refractivity contribution in [2.24, 2.45) is 5.73 Å². The topological polar surface area (TPSA) is 63.8 Å². The van der Waals surface area contributed by atoms with E-state index in [1.807, 2.05) is 37.4 Å². The molecule has 0 fully saturated rings. The summed E-state index contributed by atoms with van der Waals surface area (Å²) in [7, 11) is 0. The lowest BCUT2D eigenvalue weighted by atomic mass is 10.2. The number of aromatic amines is 1. The monoisotopic (exact) mass is 217 g/mol. The van der Waals surface area contributed by atoms with Crippen molar-refractivity contribution in [2.75, 3.05) is 6.54 Å². The number of hydrogen-bond acceptors (Lipinski definition) is 2. The summed E-state index contributed by atoms with van der Waals surface area (Å²) in [6.07, 6.45) is 2.41. The van der Waals surface area contributed by atoms with Crippen molar-refractivity contribution in [3.05, 3.63) is 51.9 Å². The number of aromatic nitrogens is 2. The molecule has 2 aromatic rings. The van der Waals surface area contributed by atoms with Crippen LogP contribution in [0.3, 0.4) is 0 Å². The van der Waals surface area contributed by atoms with Gasteiger partial charge in [0.1, 0.15) is 0 Å². The van der Waals surface area contributed by atoms with Gasteiger partial charge in [-0.15, -0.1) is 0 Å². The lowest BCUT2D eigenvalue weighted by Crippen LogP contribution is -2.11. The molecule has 1 heterocycles. The molecule has 1 aromatic heterocycles. The third-order valence-electron chi connectivity index (χ3n) is 2.49. The standard InChI is InChI=1S/C12H15N3O/c1-9-3-2-4-11(7-9)15-8-10(5-6-13)12(16)14-15/h2-4,7-8H,5-6,13H2,1H3,(H,14,16). The highest BCUT2D eigenvalue weighted by molar-refractivity contribution is 5.35. The zero-order valence-corrected chi connectivity index (χ0v) is 9.23. The van der Waals surface area contributed by atoms with Crippen molar-refractivity contribution in [3.8, 4) is 5.69 Å². The molecule has 84 valence electrons. The lowest BCUT2D eigenvalue weighted by molar-refractivity contribution is 0.863. The highest BCUT2D eigenvalue weighted by atomic mass is 16.1. The number of rotatable bonds is 3. The average molecular weight is 217 g/mol. The first-order chi connectivity index (χ1) is 7.70. The number of hydrogen-bond donors (Lipinski definition) is 2. The number of aryl methyl sites for hydroxylation is 1. The van der Waals surface area contributed by atoms with Gasteiger partial charge in [-0.2, -0.15) is 0 Å². The maximum Gasteiger partial charge on any atom is 0.267 e. The molecule has 0 aliphatic rings. The minimum absolute atomic E-state index is 0.0630. The van der Waals surface area contributed by atoms with Gasteiger partial charge in [0.05, 0.1) is 5.69 Å². The lowest BCUT2D eigenvalue weighted by Gasteiger charge is -2.02. The van der Waals surface area contributed by atoms with Gasteiger partial charge < -0.3 is 5.73 Å². The summed E-state index contributed by atoms with van der Waals surface area (Å²) >= 11 is 0. The smallest absolute Gasteiger partial charge is 0.267 e. The molecule has 3 N–H and O–H groups in total. The Morgan fingerprint density at radius 2 is 2.25 bits per heavy atom. The second-order valence-corrected chi connectivity index (χ2v) is 3.84. The third-order valence-corrected chi connectivity index (χ3v) is 2.49. The normalized spacial score (nSPS) is 10.6. The number of nitrogens with zero attached hydrogens (tertiary/aromatic N) is 1. The summed E-state index contributed by atoms with van der Waals surface area (Å²) in [5.74, 6) is 0. The third kappa shape index (κ3) is 2.06. The first kappa shape index (κ1) is 10.7. The van der Waals surface area contributed by atoms with E-state index in [2.05, 4.69) is 5.10 Å². The van der Waals surface area contributed by atoms with Crippen molar-refractivity contribution in [1.29, 1.82) is 0 Å². The van der Waals surface area contributed by atoms with E-state index in [1.54, 1.807) is 4.68 Å². The van der Waals surface area contributed by atoms with Gasteiger partial charge >= 0.3 is 0 Å². The fourth-order valence-corrected chi connectivity index (χ4v) is 1.68. The molecule has 1 aromatic carbocycles. The molecule has 0 bridgehead atoms. The van der Waals surface area contributed by atoms with Gasteiger partial charge in [0.25, 0.3) is 5.56 Å². The van der Waals surface area contributed by atoms with E-state index < -0.39 is 0 Å². The van der Waals surface area contributed by atoms with Gasteiger partial charge in [-0.05, 0) is 37.6 Å². The molecule has 2 rings (SSSR count). The van der Waals surface area contributed by atoms with Crippen LogP contribution < -0.4 is 11.3 Å². The minimum Gasteiger partial charge on any atom is -0.330 e. The molecule has 4 heteroatoms. The summed E-state index contributed by atoms with van der Waals surface area (Å²) in [5.41, 5.74) is 8.22. The Labute approximate surface area is 93.7 Å². The Hall–Kier alpha value is -1.81. The second-order valence-electron chi connectivity index (χ2n) is 3.84. The van der Waals surface area contributed by atoms with Crippen LogP contribution in [0.5, 0.6) is 0 Å². The molecular formula is C12H15N3O. The van der Waals surface area contributed by atoms with Crippen molar-refractivity contribution in [1.82, 2.24) is 9.78 Å². The van der Waals surface area contributed by atoms with Crippen LogP contribution in [0.4, 0.5) is 0 Å². The molecule has 0 unspecified atom stereocenters. The Bertz CT molecular complexity index is 539. The molecule has 0 aliphatic carbocycles. The molecule has 0 spiro atoms. The average Bonchev–Trinajstić information content (AvgIpc) is 2.61. The molecule has 4 nitrogen and oxygen atoms in total. The molecule has 16 heavy (non-hydrogen) atoms. The molecule has 0 radical (unpaired) electrons. The summed E-state index contributed by atoms with van der Waals surface area (Å²) in [4.78, 5) is 11.6. The van der Waals surface area contributed by atoms with Crippen LogP contribution in [0, 0.1) is 6.92 Å². The number of nitrogens with two attached hydrogens (primary N) is 1. The van der Waals surface area contributed by atoms with E-state index in [0.717, 1.165) is 16.8 Å². The highest BCUT2D eigenvalue weighted by Crippen LogP contribution is 2.08. The number of H-pyrrole nitrogens is 1. The van der Waals surface area contributed by atoms with Crippen molar-refractivity contribution >= 4 is 0 Å². The zero-order valence-electron chi connectivity index (χ0n) is 9.23. The quantitative estimate of drug-likeness (QED) is 0.804. The Kier molecular flexibility index (Phi) is 2.92. The van der Waals surface area contributed by atoms with Crippen LogP contribution in [0.1, 0.15) is 11.1 Å². The predicted molar refractivity (Wildman–Crippen MR) is 63.9 cm³/mol. The SMILES string of the molecule is Cc1cccc(-n2cc(CCN)c(=O)[nH]2)c1. The molecule has 0 aliphatic heterocycles. The first-order valence-corrected chi connectivity index (χ1v) is 5.28. The van der Waals surface area contributed by atoms with E-state index >= 15 is 0 Å². The van der Waals surface area contributed by atoms with E-state index in [1.165, 1.54) is 0 Å². The van der Waals surface area contributed by atoms with Crippen molar-refractivity contribution in [3.63, 3.8) is 0 Å². The van der Waals surface area contributed by atoms with Crippen LogP contribution in [0.2, 0.25) is 0 Å². The van der Waals surface area contributed by atoms with Gasteiger partial charge in [-0.25, -0.2) is 0 Å². The van der Waals surface area contributed by atoms with Gasteiger partial charge in [0, 0.05) is 11.8 Å². The fourth-order valence-electron chi connectivity index (χ4n) is 1.68. The number of nitrogens with one attached hydrogen (secondary N) is 1. The Morgan fingerprint density at radius 3 is 2.94 bits per heavy atom. The predicted octanol–water partition coefficient (Wildman–Crippen LogP) is 0.975. The number of benzene rings is 1. The summed E-state index contributed by atoms with van der Waals surface area (Å²) in [5, 5.41) is 2.78. The Balaban J connectivity index is 2.41. The van der Waals surface area contributed by atoms with Crippen LogP contribution >= 0.6 is 0 Å². The van der Waals surface area contributed by atoms with Crippen LogP contribution in [-0.4, -0.2) is 16.3 Å². The molecule has 0 amide bonds. The zero-order chi connectivity index (χ0) is 11.5. The van der Waals surface area contributed by atoms with Gasteiger partial charge in [-0.1, -0.05) is 12.1 Å². The van der Waals surface area contributed by atoms with Crippen molar-refractivity contribution in [2.45, 2.75) is 13.3 Å². The second kappa shape index (κ2) is 4.37. The van der Waals surface area contributed by atoms with E-state index in [4.69, 9.17) is 5.73 Å². The van der Waals surface area contributed by atoms with E-state index in [9.17, 15) is 4.79 Å². The van der Waals surface area contributed by atoms with Crippen LogP contribution in [-0.2, 0) is 6.42 Å². The molecular weight excluding hydrogens is 202 g/mol. The largest absolute Gasteiger partial charge is 0.330 e. The first-order valence-electron chi connectivity index (χ1n) is 5.28. The molecule has 0 atom stereocenters. The minimum atomic E-state index is -0.0630. The fraction of sp³-hybridized carbons (Fsp3) is 0.250. The van der Waals surface area contributed by atoms with Gasteiger partial charge in [-0.3, -0.25) is 14.6 Å². The Morgan fingerprint density at radius 1 is 1.44 bits per heavy atom. The summed E-state index contributed by atoms with van der Waals surface area (Å²) in [6, 6.07) is 7.95. The summed E-state index contributed by atoms with van der Waals surface area (Å²) < 4.78 is 1.74. The van der Waals surface area contributed by atoms with Gasteiger partial charge in [0.15, 0.2) is 0 Å². The van der Waals surface area contributed by atoms with Gasteiger partial charge in [0.2, 0.25) is 0 Å². The maximum atomic E-state index is 11.6.